The minimum atomic E-state index is 0.475. The van der Waals surface area contributed by atoms with Gasteiger partial charge in [0.05, 0.1) is 8.26 Å². The fourth-order valence-corrected chi connectivity index (χ4v) is 3.37. The van der Waals surface area contributed by atoms with Crippen LogP contribution >= 0.6 is 43.2 Å². The van der Waals surface area contributed by atoms with Crippen molar-refractivity contribution < 1.29 is 4.74 Å². The number of halogens is 2. The van der Waals surface area contributed by atoms with E-state index in [-0.39, 0.29) is 0 Å². The lowest BCUT2D eigenvalue weighted by Crippen LogP contribution is -2.02. The van der Waals surface area contributed by atoms with Gasteiger partial charge in [0.25, 0.3) is 0 Å². The van der Waals surface area contributed by atoms with Gasteiger partial charge < -0.3 is 10.5 Å². The van der Waals surface area contributed by atoms with E-state index in [1.165, 1.54) is 4.88 Å². The van der Waals surface area contributed by atoms with Crippen molar-refractivity contribution in [2.45, 2.75) is 13.2 Å². The molecular weight excluding hydrogens is 366 g/mol. The van der Waals surface area contributed by atoms with Crippen LogP contribution in [0.5, 0.6) is 5.75 Å². The molecule has 17 heavy (non-hydrogen) atoms. The SMILES string of the molecule is NCc1cccc(Br)c1OCc1ccc(Br)s1. The highest BCUT2D eigenvalue weighted by Crippen LogP contribution is 2.30. The number of hydrogen-bond acceptors (Lipinski definition) is 3. The monoisotopic (exact) mass is 375 g/mol. The van der Waals surface area contributed by atoms with Crippen LogP contribution in [0.1, 0.15) is 10.4 Å². The summed E-state index contributed by atoms with van der Waals surface area (Å²) in [5.41, 5.74) is 6.70. The summed E-state index contributed by atoms with van der Waals surface area (Å²) in [5, 5.41) is 0. The number of para-hydroxylation sites is 1. The minimum absolute atomic E-state index is 0.475. The van der Waals surface area contributed by atoms with Crippen molar-refractivity contribution in [3.63, 3.8) is 0 Å². The fraction of sp³-hybridized carbons (Fsp3) is 0.167. The third-order valence-corrected chi connectivity index (χ3v) is 4.48. The van der Waals surface area contributed by atoms with Gasteiger partial charge in [-0.1, -0.05) is 12.1 Å². The van der Waals surface area contributed by atoms with Gasteiger partial charge in [-0.05, 0) is 50.1 Å². The van der Waals surface area contributed by atoms with Gasteiger partial charge in [-0.15, -0.1) is 11.3 Å². The van der Waals surface area contributed by atoms with E-state index in [0.29, 0.717) is 13.2 Å². The maximum Gasteiger partial charge on any atom is 0.138 e. The molecule has 1 aromatic carbocycles. The summed E-state index contributed by atoms with van der Waals surface area (Å²) >= 11 is 8.59. The van der Waals surface area contributed by atoms with Crippen LogP contribution in [0, 0.1) is 0 Å². The van der Waals surface area contributed by atoms with Crippen LogP contribution in [0.3, 0.4) is 0 Å². The Balaban J connectivity index is 2.13. The molecule has 2 rings (SSSR count). The molecule has 0 saturated carbocycles. The average molecular weight is 377 g/mol. The second kappa shape index (κ2) is 6.00. The van der Waals surface area contributed by atoms with E-state index in [2.05, 4.69) is 31.9 Å². The quantitative estimate of drug-likeness (QED) is 0.862. The number of nitrogens with two attached hydrogens (primary N) is 1. The van der Waals surface area contributed by atoms with Crippen LogP contribution in [0.2, 0.25) is 0 Å². The van der Waals surface area contributed by atoms with Gasteiger partial charge in [0, 0.05) is 17.0 Å². The van der Waals surface area contributed by atoms with Gasteiger partial charge in [-0.2, -0.15) is 0 Å². The summed E-state index contributed by atoms with van der Waals surface area (Å²) in [6, 6.07) is 9.96. The molecule has 0 aliphatic heterocycles. The third-order valence-electron chi connectivity index (χ3n) is 2.26. The predicted molar refractivity (Wildman–Crippen MR) is 78.4 cm³/mol. The molecule has 2 nitrogen and oxygen atoms in total. The predicted octanol–water partition coefficient (Wildman–Crippen LogP) is 4.31. The second-order valence-corrected chi connectivity index (χ2v) is 6.83. The highest BCUT2D eigenvalue weighted by Gasteiger charge is 2.07. The Kier molecular flexibility index (Phi) is 4.62. The van der Waals surface area contributed by atoms with Gasteiger partial charge >= 0.3 is 0 Å². The molecule has 0 aliphatic rings. The molecule has 0 fully saturated rings. The largest absolute Gasteiger partial charge is 0.487 e. The summed E-state index contributed by atoms with van der Waals surface area (Å²) in [6.07, 6.45) is 0. The standard InChI is InChI=1S/C12H11Br2NOS/c13-10-3-1-2-8(6-15)12(10)16-7-9-4-5-11(14)17-9/h1-5H,6-7,15H2. The zero-order chi connectivity index (χ0) is 12.3. The molecule has 2 N–H and O–H groups in total. The number of thiophene rings is 1. The van der Waals surface area contributed by atoms with E-state index in [1.807, 2.05) is 30.3 Å². The summed E-state index contributed by atoms with van der Waals surface area (Å²) < 4.78 is 7.87. The van der Waals surface area contributed by atoms with Crippen molar-refractivity contribution in [3.05, 3.63) is 49.0 Å². The number of ether oxygens (including phenoxy) is 1. The first kappa shape index (κ1) is 13.1. The maximum atomic E-state index is 5.82. The molecule has 5 heteroatoms. The Morgan fingerprint density at radius 2 is 2.00 bits per heavy atom. The van der Waals surface area contributed by atoms with Gasteiger partial charge in [0.15, 0.2) is 0 Å². The Bertz CT molecular complexity index is 513. The topological polar surface area (TPSA) is 35.2 Å². The van der Waals surface area contributed by atoms with E-state index in [0.717, 1.165) is 19.6 Å². The molecule has 0 unspecified atom stereocenters. The molecule has 1 heterocycles. The summed E-state index contributed by atoms with van der Waals surface area (Å²) in [4.78, 5) is 1.18. The molecule has 0 bridgehead atoms. The average Bonchev–Trinajstić information content (AvgIpc) is 2.73. The lowest BCUT2D eigenvalue weighted by atomic mass is 10.2. The Morgan fingerprint density at radius 1 is 1.18 bits per heavy atom. The van der Waals surface area contributed by atoms with Crippen molar-refractivity contribution >= 4 is 43.2 Å². The van der Waals surface area contributed by atoms with E-state index in [9.17, 15) is 0 Å². The Labute approximate surface area is 121 Å². The van der Waals surface area contributed by atoms with Gasteiger partial charge in [-0.3, -0.25) is 0 Å². The maximum absolute atomic E-state index is 5.82. The number of hydrogen-bond donors (Lipinski definition) is 1. The van der Waals surface area contributed by atoms with Crippen molar-refractivity contribution in [1.82, 2.24) is 0 Å². The first-order chi connectivity index (χ1) is 8.20. The summed E-state index contributed by atoms with van der Waals surface area (Å²) in [7, 11) is 0. The van der Waals surface area contributed by atoms with Crippen molar-refractivity contribution in [1.29, 1.82) is 0 Å². The van der Waals surface area contributed by atoms with Crippen molar-refractivity contribution in [2.75, 3.05) is 0 Å². The van der Waals surface area contributed by atoms with E-state index < -0.39 is 0 Å². The molecule has 0 radical (unpaired) electrons. The van der Waals surface area contributed by atoms with Crippen LogP contribution in [-0.4, -0.2) is 0 Å². The summed E-state index contributed by atoms with van der Waals surface area (Å²) in [5.74, 6) is 0.833. The van der Waals surface area contributed by atoms with Crippen LogP contribution in [0.15, 0.2) is 38.6 Å². The van der Waals surface area contributed by atoms with Crippen LogP contribution in [0.4, 0.5) is 0 Å². The molecule has 0 atom stereocenters. The van der Waals surface area contributed by atoms with Crippen molar-refractivity contribution in [2.24, 2.45) is 5.73 Å². The molecule has 1 aromatic heterocycles. The van der Waals surface area contributed by atoms with Crippen LogP contribution in [-0.2, 0) is 13.2 Å². The molecule has 0 aliphatic carbocycles. The number of benzene rings is 1. The Morgan fingerprint density at radius 3 is 2.65 bits per heavy atom. The molecule has 2 aromatic rings. The zero-order valence-electron chi connectivity index (χ0n) is 8.95. The second-order valence-electron chi connectivity index (χ2n) is 3.43. The third kappa shape index (κ3) is 3.31. The lowest BCUT2D eigenvalue weighted by molar-refractivity contribution is 0.304. The van der Waals surface area contributed by atoms with E-state index in [4.69, 9.17) is 10.5 Å². The normalized spacial score (nSPS) is 10.5. The van der Waals surface area contributed by atoms with Crippen LogP contribution in [0.25, 0.3) is 0 Å². The molecular formula is C12H11Br2NOS. The summed E-state index contributed by atoms with van der Waals surface area (Å²) in [6.45, 7) is 1.04. The van der Waals surface area contributed by atoms with E-state index >= 15 is 0 Å². The molecule has 0 amide bonds. The number of rotatable bonds is 4. The zero-order valence-corrected chi connectivity index (χ0v) is 12.9. The van der Waals surface area contributed by atoms with Crippen LogP contribution < -0.4 is 10.5 Å². The Hall–Kier alpha value is -0.360. The van der Waals surface area contributed by atoms with Gasteiger partial charge in [0.2, 0.25) is 0 Å². The minimum Gasteiger partial charge on any atom is -0.487 e. The fourth-order valence-electron chi connectivity index (χ4n) is 1.45. The first-order valence-corrected chi connectivity index (χ1v) is 7.45. The van der Waals surface area contributed by atoms with Gasteiger partial charge in [-0.25, -0.2) is 0 Å². The highest BCUT2D eigenvalue weighted by atomic mass is 79.9. The molecule has 90 valence electrons. The van der Waals surface area contributed by atoms with Gasteiger partial charge in [0.1, 0.15) is 12.4 Å². The molecule has 0 spiro atoms. The highest BCUT2D eigenvalue weighted by molar-refractivity contribution is 9.11. The first-order valence-electron chi connectivity index (χ1n) is 5.05. The lowest BCUT2D eigenvalue weighted by Gasteiger charge is -2.11. The molecule has 0 saturated heterocycles. The van der Waals surface area contributed by atoms with Crippen molar-refractivity contribution in [3.8, 4) is 5.75 Å². The van der Waals surface area contributed by atoms with E-state index in [1.54, 1.807) is 11.3 Å². The smallest absolute Gasteiger partial charge is 0.138 e.